The third-order valence-electron chi connectivity index (χ3n) is 2.99. The zero-order chi connectivity index (χ0) is 13.8. The molecule has 1 N–H and O–H groups in total. The van der Waals surface area contributed by atoms with Gasteiger partial charge >= 0.3 is 0 Å². The summed E-state index contributed by atoms with van der Waals surface area (Å²) in [4.78, 5) is 5.59. The molecule has 0 saturated heterocycles. The van der Waals surface area contributed by atoms with Gasteiger partial charge < -0.3 is 10.1 Å². The SMILES string of the molecule is CNC(Cc1ccc(OC)c(Br)c1)c1cnc(C)s1. The van der Waals surface area contributed by atoms with Gasteiger partial charge in [-0.25, -0.2) is 4.98 Å². The van der Waals surface area contributed by atoms with E-state index in [1.807, 2.05) is 26.2 Å². The maximum absolute atomic E-state index is 5.25. The second-order valence-corrected chi connectivity index (χ2v) is 6.42. The number of likely N-dealkylation sites (N-methyl/N-ethyl adjacent to an activating group) is 1. The number of halogens is 1. The highest BCUT2D eigenvalue weighted by Crippen LogP contribution is 2.29. The molecule has 0 aliphatic heterocycles. The minimum absolute atomic E-state index is 0.298. The second kappa shape index (κ2) is 6.50. The van der Waals surface area contributed by atoms with Crippen molar-refractivity contribution in [3.05, 3.63) is 44.3 Å². The molecule has 0 saturated carbocycles. The van der Waals surface area contributed by atoms with Crippen LogP contribution in [0.25, 0.3) is 0 Å². The molecule has 1 aromatic heterocycles. The van der Waals surface area contributed by atoms with E-state index in [9.17, 15) is 0 Å². The van der Waals surface area contributed by atoms with Crippen molar-refractivity contribution in [2.45, 2.75) is 19.4 Å². The number of aryl methyl sites for hydroxylation is 1. The van der Waals surface area contributed by atoms with Crippen molar-refractivity contribution in [1.29, 1.82) is 0 Å². The Morgan fingerprint density at radius 3 is 2.79 bits per heavy atom. The normalized spacial score (nSPS) is 12.4. The van der Waals surface area contributed by atoms with E-state index in [1.54, 1.807) is 18.4 Å². The maximum Gasteiger partial charge on any atom is 0.133 e. The number of ether oxygens (including phenoxy) is 1. The Balaban J connectivity index is 2.16. The molecular formula is C14H17BrN2OS. The number of aromatic nitrogens is 1. The van der Waals surface area contributed by atoms with Gasteiger partial charge in [0.15, 0.2) is 0 Å². The van der Waals surface area contributed by atoms with Crippen molar-refractivity contribution in [3.63, 3.8) is 0 Å². The van der Waals surface area contributed by atoms with Crippen LogP contribution in [-0.4, -0.2) is 19.1 Å². The highest BCUT2D eigenvalue weighted by Gasteiger charge is 2.13. The molecule has 0 bridgehead atoms. The molecule has 0 radical (unpaired) electrons. The Hall–Kier alpha value is -0.910. The number of nitrogens with zero attached hydrogens (tertiary/aromatic N) is 1. The Kier molecular flexibility index (Phi) is 4.96. The van der Waals surface area contributed by atoms with E-state index in [4.69, 9.17) is 4.74 Å². The fourth-order valence-corrected chi connectivity index (χ4v) is 3.44. The summed E-state index contributed by atoms with van der Waals surface area (Å²) in [6, 6.07) is 6.50. The molecule has 5 heteroatoms. The molecule has 1 atom stereocenters. The lowest BCUT2D eigenvalue weighted by Gasteiger charge is -2.15. The van der Waals surface area contributed by atoms with Crippen LogP contribution in [0.1, 0.15) is 21.5 Å². The Morgan fingerprint density at radius 2 is 2.26 bits per heavy atom. The number of methoxy groups -OCH3 is 1. The van der Waals surface area contributed by atoms with Gasteiger partial charge in [-0.15, -0.1) is 11.3 Å². The van der Waals surface area contributed by atoms with Crippen molar-refractivity contribution in [1.82, 2.24) is 10.3 Å². The number of rotatable bonds is 5. The highest BCUT2D eigenvalue weighted by molar-refractivity contribution is 9.10. The Morgan fingerprint density at radius 1 is 1.47 bits per heavy atom. The molecular weight excluding hydrogens is 324 g/mol. The fourth-order valence-electron chi connectivity index (χ4n) is 1.96. The first-order valence-electron chi connectivity index (χ1n) is 6.06. The number of thiazole rings is 1. The lowest BCUT2D eigenvalue weighted by atomic mass is 10.1. The quantitative estimate of drug-likeness (QED) is 0.900. The first-order chi connectivity index (χ1) is 9.13. The third-order valence-corrected chi connectivity index (χ3v) is 4.63. The predicted molar refractivity (Wildman–Crippen MR) is 83.0 cm³/mol. The minimum Gasteiger partial charge on any atom is -0.496 e. The van der Waals surface area contributed by atoms with Crippen LogP contribution in [0, 0.1) is 6.92 Å². The van der Waals surface area contributed by atoms with Gasteiger partial charge in [0, 0.05) is 17.1 Å². The summed E-state index contributed by atoms with van der Waals surface area (Å²) in [6.07, 6.45) is 2.89. The molecule has 0 spiro atoms. The van der Waals surface area contributed by atoms with Crippen LogP contribution in [0.5, 0.6) is 5.75 Å². The number of benzene rings is 1. The van der Waals surface area contributed by atoms with Crippen LogP contribution in [0.15, 0.2) is 28.9 Å². The molecule has 2 rings (SSSR count). The van der Waals surface area contributed by atoms with Gasteiger partial charge in [-0.3, -0.25) is 0 Å². The van der Waals surface area contributed by atoms with Crippen LogP contribution in [0.3, 0.4) is 0 Å². The van der Waals surface area contributed by atoms with Crippen molar-refractivity contribution < 1.29 is 4.74 Å². The first kappa shape index (κ1) is 14.5. The summed E-state index contributed by atoms with van der Waals surface area (Å²) in [7, 11) is 3.66. The average Bonchev–Trinajstić information content (AvgIpc) is 2.82. The van der Waals surface area contributed by atoms with E-state index < -0.39 is 0 Å². The zero-order valence-electron chi connectivity index (χ0n) is 11.2. The summed E-state index contributed by atoms with van der Waals surface area (Å²) in [5.41, 5.74) is 1.26. The second-order valence-electron chi connectivity index (χ2n) is 4.30. The van der Waals surface area contributed by atoms with E-state index in [1.165, 1.54) is 10.4 Å². The van der Waals surface area contributed by atoms with Crippen LogP contribution >= 0.6 is 27.3 Å². The van der Waals surface area contributed by atoms with E-state index in [0.29, 0.717) is 6.04 Å². The van der Waals surface area contributed by atoms with Gasteiger partial charge in [-0.1, -0.05) is 6.07 Å². The summed E-state index contributed by atoms with van der Waals surface area (Å²) in [5, 5.41) is 4.46. The number of hydrogen-bond acceptors (Lipinski definition) is 4. The molecule has 1 heterocycles. The predicted octanol–water partition coefficient (Wildman–Crippen LogP) is 3.73. The molecule has 0 aliphatic carbocycles. The van der Waals surface area contributed by atoms with Crippen molar-refractivity contribution in [2.75, 3.05) is 14.2 Å². The third kappa shape index (κ3) is 3.55. The van der Waals surface area contributed by atoms with Gasteiger partial charge in [0.05, 0.1) is 16.6 Å². The molecule has 1 aromatic carbocycles. The van der Waals surface area contributed by atoms with Gasteiger partial charge in [0.25, 0.3) is 0 Å². The monoisotopic (exact) mass is 340 g/mol. The van der Waals surface area contributed by atoms with Crippen LogP contribution in [0.4, 0.5) is 0 Å². The Bertz CT molecular complexity index is 556. The number of hydrogen-bond donors (Lipinski definition) is 1. The molecule has 1 unspecified atom stereocenters. The first-order valence-corrected chi connectivity index (χ1v) is 7.67. The van der Waals surface area contributed by atoms with E-state index in [2.05, 4.69) is 38.4 Å². The molecule has 0 fully saturated rings. The molecule has 102 valence electrons. The zero-order valence-corrected chi connectivity index (χ0v) is 13.6. The molecule has 0 amide bonds. The van der Waals surface area contributed by atoms with Gasteiger partial charge in [0.2, 0.25) is 0 Å². The standard InChI is InChI=1S/C14H17BrN2OS/c1-9-17-8-14(19-9)12(16-2)7-10-4-5-13(18-3)11(15)6-10/h4-6,8,12,16H,7H2,1-3H3. The van der Waals surface area contributed by atoms with Crippen LogP contribution in [0.2, 0.25) is 0 Å². The smallest absolute Gasteiger partial charge is 0.133 e. The van der Waals surface area contributed by atoms with Crippen molar-refractivity contribution in [3.8, 4) is 5.75 Å². The maximum atomic E-state index is 5.25. The van der Waals surface area contributed by atoms with Crippen LogP contribution < -0.4 is 10.1 Å². The molecule has 3 nitrogen and oxygen atoms in total. The topological polar surface area (TPSA) is 34.1 Å². The van der Waals surface area contributed by atoms with Crippen molar-refractivity contribution in [2.24, 2.45) is 0 Å². The molecule has 0 aliphatic rings. The summed E-state index contributed by atoms with van der Waals surface area (Å²) >= 11 is 5.27. The van der Waals surface area contributed by atoms with E-state index in [0.717, 1.165) is 21.7 Å². The van der Waals surface area contributed by atoms with Gasteiger partial charge in [-0.05, 0) is 54.0 Å². The lowest BCUT2D eigenvalue weighted by molar-refractivity contribution is 0.412. The Labute approximate surface area is 126 Å². The fraction of sp³-hybridized carbons (Fsp3) is 0.357. The summed E-state index contributed by atoms with van der Waals surface area (Å²) in [5.74, 6) is 0.860. The van der Waals surface area contributed by atoms with Crippen LogP contribution in [-0.2, 0) is 6.42 Å². The molecule has 19 heavy (non-hydrogen) atoms. The summed E-state index contributed by atoms with van der Waals surface area (Å²) in [6.45, 7) is 2.03. The molecule has 2 aromatic rings. The van der Waals surface area contributed by atoms with Gasteiger partial charge in [0.1, 0.15) is 5.75 Å². The van der Waals surface area contributed by atoms with E-state index in [-0.39, 0.29) is 0 Å². The largest absolute Gasteiger partial charge is 0.496 e. The minimum atomic E-state index is 0.298. The summed E-state index contributed by atoms with van der Waals surface area (Å²) < 4.78 is 6.24. The number of nitrogens with one attached hydrogen (secondary N) is 1. The van der Waals surface area contributed by atoms with E-state index >= 15 is 0 Å². The van der Waals surface area contributed by atoms with Crippen molar-refractivity contribution >= 4 is 27.3 Å². The average molecular weight is 341 g/mol. The van der Waals surface area contributed by atoms with Gasteiger partial charge in [-0.2, -0.15) is 0 Å². The highest BCUT2D eigenvalue weighted by atomic mass is 79.9. The lowest BCUT2D eigenvalue weighted by Crippen LogP contribution is -2.17.